The van der Waals surface area contributed by atoms with Crippen molar-refractivity contribution in [1.82, 2.24) is 10.2 Å². The van der Waals surface area contributed by atoms with Gasteiger partial charge in [-0.25, -0.2) is 0 Å². The van der Waals surface area contributed by atoms with Gasteiger partial charge in [0.25, 0.3) is 11.8 Å². The third kappa shape index (κ3) is 8.02. The van der Waals surface area contributed by atoms with Crippen molar-refractivity contribution < 1.29 is 24.2 Å². The number of benzene rings is 2. The minimum atomic E-state index is -0.411. The van der Waals surface area contributed by atoms with Crippen LogP contribution >= 0.6 is 0 Å². The average molecular weight is 512 g/mol. The van der Waals surface area contributed by atoms with Crippen LogP contribution in [0.4, 0.5) is 5.69 Å². The van der Waals surface area contributed by atoms with Crippen LogP contribution in [0.5, 0.6) is 5.75 Å². The number of aliphatic hydroxyl groups excluding tert-OH is 1. The molecule has 202 valence electrons. The monoisotopic (exact) mass is 511 g/mol. The van der Waals surface area contributed by atoms with Crippen molar-refractivity contribution in [3.63, 3.8) is 0 Å². The van der Waals surface area contributed by atoms with E-state index in [2.05, 4.69) is 17.6 Å². The van der Waals surface area contributed by atoms with Gasteiger partial charge in [-0.2, -0.15) is 0 Å². The minimum Gasteiger partial charge on any atom is -0.490 e. The van der Waals surface area contributed by atoms with Crippen molar-refractivity contribution in [2.75, 3.05) is 38.7 Å². The largest absolute Gasteiger partial charge is 0.490 e. The molecule has 0 unspecified atom stereocenters. The van der Waals surface area contributed by atoms with Crippen LogP contribution in [-0.4, -0.2) is 73.4 Å². The second kappa shape index (κ2) is 14.1. The first-order valence-electron chi connectivity index (χ1n) is 13.2. The van der Waals surface area contributed by atoms with Crippen LogP contribution in [0.2, 0.25) is 0 Å². The molecule has 3 N–H and O–H groups in total. The summed E-state index contributed by atoms with van der Waals surface area (Å²) in [6.07, 6.45) is 2.53. The third-order valence-electron chi connectivity index (χ3n) is 6.75. The molecule has 1 heterocycles. The molecule has 37 heavy (non-hydrogen) atoms. The van der Waals surface area contributed by atoms with E-state index in [1.165, 1.54) is 0 Å². The highest BCUT2D eigenvalue weighted by molar-refractivity contribution is 6.05. The van der Waals surface area contributed by atoms with Crippen LogP contribution in [0.1, 0.15) is 60.7 Å². The maximum Gasteiger partial charge on any atom is 0.258 e. The summed E-state index contributed by atoms with van der Waals surface area (Å²) in [5, 5.41) is 16.1. The van der Waals surface area contributed by atoms with Crippen LogP contribution in [-0.2, 0) is 4.74 Å². The maximum atomic E-state index is 14.0. The van der Waals surface area contributed by atoms with Crippen molar-refractivity contribution in [3.8, 4) is 5.75 Å². The van der Waals surface area contributed by atoms with Crippen molar-refractivity contribution >= 4 is 17.5 Å². The highest BCUT2D eigenvalue weighted by Crippen LogP contribution is 2.28. The molecule has 4 atom stereocenters. The molecule has 1 aliphatic heterocycles. The zero-order valence-electron chi connectivity index (χ0n) is 22.4. The number of rotatable bonds is 6. The van der Waals surface area contributed by atoms with Gasteiger partial charge in [-0.05, 0) is 70.5 Å². The Kier molecular flexibility index (Phi) is 10.9. The Morgan fingerprint density at radius 1 is 1.16 bits per heavy atom. The van der Waals surface area contributed by atoms with Gasteiger partial charge in [0.2, 0.25) is 0 Å². The first-order chi connectivity index (χ1) is 17.8. The first kappa shape index (κ1) is 28.6. The molecule has 2 amide bonds. The number of aliphatic hydroxyl groups is 1. The fourth-order valence-electron chi connectivity index (χ4n) is 4.48. The summed E-state index contributed by atoms with van der Waals surface area (Å²) in [6.45, 7) is 7.43. The van der Waals surface area contributed by atoms with Gasteiger partial charge in [-0.15, -0.1) is 0 Å². The number of nitrogens with one attached hydrogen (secondary N) is 2. The van der Waals surface area contributed by atoms with Crippen LogP contribution in [0.3, 0.4) is 0 Å². The molecule has 0 fully saturated rings. The summed E-state index contributed by atoms with van der Waals surface area (Å²) in [7, 11) is 1.89. The number of hydrogen-bond donors (Lipinski definition) is 3. The Balaban J connectivity index is 1.97. The highest BCUT2D eigenvalue weighted by Gasteiger charge is 2.29. The summed E-state index contributed by atoms with van der Waals surface area (Å²) in [5.74, 6) is -0.0215. The Hall–Kier alpha value is -2.94. The summed E-state index contributed by atoms with van der Waals surface area (Å²) >= 11 is 0. The summed E-state index contributed by atoms with van der Waals surface area (Å²) < 4.78 is 12.4. The van der Waals surface area contributed by atoms with Crippen LogP contribution in [0, 0.1) is 5.92 Å². The molecule has 0 bridgehead atoms. The van der Waals surface area contributed by atoms with E-state index in [0.717, 1.165) is 19.3 Å². The molecule has 0 saturated heterocycles. The van der Waals surface area contributed by atoms with Gasteiger partial charge in [0.15, 0.2) is 0 Å². The average Bonchev–Trinajstić information content (AvgIpc) is 2.90. The molecule has 0 saturated carbocycles. The Morgan fingerprint density at radius 3 is 2.62 bits per heavy atom. The number of hydrogen-bond acceptors (Lipinski definition) is 6. The summed E-state index contributed by atoms with van der Waals surface area (Å²) in [4.78, 5) is 28.4. The molecule has 8 heteroatoms. The minimum absolute atomic E-state index is 0.0256. The van der Waals surface area contributed by atoms with Gasteiger partial charge >= 0.3 is 0 Å². The molecule has 2 aromatic rings. The van der Waals surface area contributed by atoms with Crippen molar-refractivity contribution in [3.05, 3.63) is 59.7 Å². The molecule has 0 aliphatic carbocycles. The third-order valence-corrected chi connectivity index (χ3v) is 6.75. The van der Waals surface area contributed by atoms with E-state index < -0.39 is 6.04 Å². The van der Waals surface area contributed by atoms with Crippen LogP contribution < -0.4 is 15.4 Å². The lowest BCUT2D eigenvalue weighted by Gasteiger charge is -2.34. The molecule has 8 nitrogen and oxygen atoms in total. The quantitative estimate of drug-likeness (QED) is 0.543. The predicted octanol–water partition coefficient (Wildman–Crippen LogP) is 3.95. The zero-order chi connectivity index (χ0) is 26.8. The molecule has 0 aromatic heterocycles. The van der Waals surface area contributed by atoms with E-state index in [-0.39, 0.29) is 36.5 Å². The van der Waals surface area contributed by atoms with Crippen LogP contribution in [0.25, 0.3) is 0 Å². The van der Waals surface area contributed by atoms with E-state index in [9.17, 15) is 14.7 Å². The Bertz CT molecular complexity index is 1020. The molecular formula is C29H41N3O5. The Morgan fingerprint density at radius 2 is 1.92 bits per heavy atom. The molecule has 3 rings (SSSR count). The molecule has 1 aliphatic rings. The molecular weight excluding hydrogens is 470 g/mol. The van der Waals surface area contributed by atoms with E-state index in [1.807, 2.05) is 27.0 Å². The van der Waals surface area contributed by atoms with E-state index in [0.29, 0.717) is 42.3 Å². The van der Waals surface area contributed by atoms with Gasteiger partial charge in [-0.3, -0.25) is 9.59 Å². The van der Waals surface area contributed by atoms with Crippen molar-refractivity contribution in [1.29, 1.82) is 0 Å². The molecule has 0 spiro atoms. The number of fused-ring (bicyclic) bond motifs is 1. The summed E-state index contributed by atoms with van der Waals surface area (Å²) in [6, 6.07) is 13.7. The normalized spacial score (nSPS) is 22.4. The fourth-order valence-corrected chi connectivity index (χ4v) is 4.48. The number of carbonyl (C=O) groups excluding carboxylic acids is 2. The number of anilines is 1. The number of amides is 2. The van der Waals surface area contributed by atoms with Gasteiger partial charge < -0.3 is 30.1 Å². The van der Waals surface area contributed by atoms with E-state index in [4.69, 9.17) is 9.47 Å². The predicted molar refractivity (Wildman–Crippen MR) is 145 cm³/mol. The second-order valence-electron chi connectivity index (χ2n) is 9.89. The molecule has 2 aromatic carbocycles. The van der Waals surface area contributed by atoms with E-state index in [1.54, 1.807) is 47.4 Å². The lowest BCUT2D eigenvalue weighted by atomic mass is 10.0. The topological polar surface area (TPSA) is 100 Å². The van der Waals surface area contributed by atoms with Gasteiger partial charge in [-0.1, -0.05) is 25.1 Å². The SMILES string of the molecule is CNC[C@@H]1OCCCC[C@@H](C)Oc2ccc(NC(=O)c3ccccc3)cc2C(=O)N([C@H](C)CO)C[C@@H]1C. The summed E-state index contributed by atoms with van der Waals surface area (Å²) in [5.41, 5.74) is 1.38. The smallest absolute Gasteiger partial charge is 0.258 e. The highest BCUT2D eigenvalue weighted by atomic mass is 16.5. The molecule has 0 radical (unpaired) electrons. The first-order valence-corrected chi connectivity index (χ1v) is 13.2. The lowest BCUT2D eigenvalue weighted by Crippen LogP contribution is -2.47. The number of nitrogens with zero attached hydrogens (tertiary/aromatic N) is 1. The van der Waals surface area contributed by atoms with Crippen molar-refractivity contribution in [2.45, 2.75) is 58.3 Å². The Labute approximate surface area is 220 Å². The van der Waals surface area contributed by atoms with Gasteiger partial charge in [0, 0.05) is 36.9 Å². The fraction of sp³-hybridized carbons (Fsp3) is 0.517. The second-order valence-corrected chi connectivity index (χ2v) is 9.89. The van der Waals surface area contributed by atoms with E-state index >= 15 is 0 Å². The number of carbonyl (C=O) groups is 2. The zero-order valence-corrected chi connectivity index (χ0v) is 22.4. The van der Waals surface area contributed by atoms with Crippen molar-refractivity contribution in [2.24, 2.45) is 5.92 Å². The number of likely N-dealkylation sites (N-methyl/N-ethyl adjacent to an activating group) is 1. The van der Waals surface area contributed by atoms with Crippen LogP contribution in [0.15, 0.2) is 48.5 Å². The van der Waals surface area contributed by atoms with Gasteiger partial charge in [0.05, 0.1) is 30.4 Å². The number of ether oxygens (including phenoxy) is 2. The maximum absolute atomic E-state index is 14.0. The lowest BCUT2D eigenvalue weighted by molar-refractivity contribution is -0.000452. The van der Waals surface area contributed by atoms with Gasteiger partial charge in [0.1, 0.15) is 5.75 Å². The standard InChI is InChI=1S/C29H41N3O5/c1-20-18-32(21(2)19-33)29(35)25-16-24(31-28(34)23-11-6-5-7-12-23)13-14-26(25)37-22(3)10-8-9-15-36-27(20)17-30-4/h5-7,11-14,16,20-22,27,30,33H,8-10,15,17-19H2,1-4H3,(H,31,34)/t20-,21+,22+,27-/m0/s1.